The smallest absolute Gasteiger partial charge is 0.236 e. The first-order valence-electron chi connectivity index (χ1n) is 5.62. The van der Waals surface area contributed by atoms with Gasteiger partial charge in [0, 0.05) is 18.3 Å². The molecule has 92 valence electrons. The van der Waals surface area contributed by atoms with Gasteiger partial charge in [-0.05, 0) is 18.6 Å². The van der Waals surface area contributed by atoms with Crippen LogP contribution in [0.15, 0.2) is 18.3 Å². The van der Waals surface area contributed by atoms with Gasteiger partial charge in [0.1, 0.15) is 5.82 Å². The monoisotopic (exact) mass is 235 g/mol. The van der Waals surface area contributed by atoms with E-state index in [1.165, 1.54) is 6.20 Å². The first kappa shape index (κ1) is 13.2. The second-order valence-electron chi connectivity index (χ2n) is 3.81. The van der Waals surface area contributed by atoms with Gasteiger partial charge in [0.15, 0.2) is 6.29 Å². The van der Waals surface area contributed by atoms with Crippen LogP contribution in [-0.4, -0.2) is 30.3 Å². The molecule has 1 amide bonds. The first-order valence-corrected chi connectivity index (χ1v) is 5.62. The number of aromatic nitrogens is 1. The highest BCUT2D eigenvalue weighted by Crippen LogP contribution is 2.11. The van der Waals surface area contributed by atoms with E-state index in [0.29, 0.717) is 11.4 Å². The van der Waals surface area contributed by atoms with E-state index in [1.807, 2.05) is 4.90 Å². The zero-order chi connectivity index (χ0) is 12.7. The molecule has 0 saturated heterocycles. The molecule has 0 aliphatic heterocycles. The molecule has 5 nitrogen and oxygen atoms in total. The van der Waals surface area contributed by atoms with Gasteiger partial charge < -0.3 is 10.6 Å². The lowest BCUT2D eigenvalue weighted by Gasteiger charge is -2.21. The maximum Gasteiger partial charge on any atom is 0.236 e. The predicted molar refractivity (Wildman–Crippen MR) is 65.9 cm³/mol. The summed E-state index contributed by atoms with van der Waals surface area (Å²) in [6.45, 7) is 2.95. The molecule has 0 unspecified atom stereocenters. The summed E-state index contributed by atoms with van der Waals surface area (Å²) >= 11 is 0. The Hall–Kier alpha value is -1.91. The van der Waals surface area contributed by atoms with Crippen LogP contribution in [0, 0.1) is 0 Å². The number of aldehydes is 1. The number of carbonyl (C=O) groups excluding carboxylic acids is 2. The van der Waals surface area contributed by atoms with Crippen molar-refractivity contribution in [3.05, 3.63) is 23.9 Å². The van der Waals surface area contributed by atoms with Crippen LogP contribution in [0.3, 0.4) is 0 Å². The molecule has 1 aromatic heterocycles. The molecule has 0 bridgehead atoms. The van der Waals surface area contributed by atoms with Crippen LogP contribution in [0.2, 0.25) is 0 Å². The second kappa shape index (κ2) is 6.62. The Morgan fingerprint density at radius 2 is 2.29 bits per heavy atom. The number of unbranched alkanes of at least 4 members (excludes halogenated alkanes) is 1. The minimum atomic E-state index is -0.387. The van der Waals surface area contributed by atoms with Crippen LogP contribution in [0.5, 0.6) is 0 Å². The summed E-state index contributed by atoms with van der Waals surface area (Å²) in [5, 5.41) is 0. The third-order valence-corrected chi connectivity index (χ3v) is 2.36. The van der Waals surface area contributed by atoms with Gasteiger partial charge >= 0.3 is 0 Å². The molecule has 0 aromatic carbocycles. The lowest BCUT2D eigenvalue weighted by atomic mass is 10.2. The Balaban J connectivity index is 2.79. The third kappa shape index (κ3) is 4.22. The van der Waals surface area contributed by atoms with Crippen molar-refractivity contribution in [1.29, 1.82) is 0 Å². The van der Waals surface area contributed by atoms with Crippen molar-refractivity contribution in [2.24, 2.45) is 5.73 Å². The molecule has 0 aliphatic rings. The van der Waals surface area contributed by atoms with Gasteiger partial charge in [-0.25, -0.2) is 4.98 Å². The molecular weight excluding hydrogens is 218 g/mol. The molecule has 2 N–H and O–H groups in total. The van der Waals surface area contributed by atoms with Crippen molar-refractivity contribution in [2.45, 2.75) is 19.8 Å². The lowest BCUT2D eigenvalue weighted by molar-refractivity contribution is -0.116. The molecule has 17 heavy (non-hydrogen) atoms. The number of primary amides is 1. The van der Waals surface area contributed by atoms with Gasteiger partial charge in [0.05, 0.1) is 6.54 Å². The Morgan fingerprint density at radius 3 is 2.76 bits per heavy atom. The Labute approximate surface area is 101 Å². The van der Waals surface area contributed by atoms with E-state index in [9.17, 15) is 9.59 Å². The van der Waals surface area contributed by atoms with E-state index in [0.717, 1.165) is 25.7 Å². The number of anilines is 1. The maximum absolute atomic E-state index is 11.0. The predicted octanol–water partition coefficient (Wildman–Crippen LogP) is 0.986. The zero-order valence-corrected chi connectivity index (χ0v) is 9.93. The fourth-order valence-corrected chi connectivity index (χ4v) is 1.47. The maximum atomic E-state index is 11.0. The van der Waals surface area contributed by atoms with Crippen LogP contribution in [0.1, 0.15) is 30.1 Å². The highest BCUT2D eigenvalue weighted by molar-refractivity contribution is 5.79. The molecule has 1 rings (SSSR count). The largest absolute Gasteiger partial charge is 0.368 e. The lowest BCUT2D eigenvalue weighted by Crippen LogP contribution is -2.35. The molecular formula is C12H17N3O2. The van der Waals surface area contributed by atoms with Crippen LogP contribution < -0.4 is 10.6 Å². The summed E-state index contributed by atoms with van der Waals surface area (Å²) < 4.78 is 0. The number of nitrogens with two attached hydrogens (primary N) is 1. The van der Waals surface area contributed by atoms with E-state index in [-0.39, 0.29) is 12.5 Å². The van der Waals surface area contributed by atoms with Crippen molar-refractivity contribution >= 4 is 18.0 Å². The summed E-state index contributed by atoms with van der Waals surface area (Å²) in [5.74, 6) is 0.283. The number of rotatable bonds is 7. The van der Waals surface area contributed by atoms with Crippen molar-refractivity contribution in [3.63, 3.8) is 0 Å². The quantitative estimate of drug-likeness (QED) is 0.715. The highest BCUT2D eigenvalue weighted by atomic mass is 16.1. The van der Waals surface area contributed by atoms with E-state index in [2.05, 4.69) is 11.9 Å². The standard InChI is InChI=1S/C12H17N3O2/c1-2-3-6-15(8-11(13)17)12-5-4-10(9-16)7-14-12/h4-5,7,9H,2-3,6,8H2,1H3,(H2,13,17). The molecule has 1 heterocycles. The van der Waals surface area contributed by atoms with Gasteiger partial charge in [-0.15, -0.1) is 0 Å². The number of nitrogens with zero attached hydrogens (tertiary/aromatic N) is 2. The van der Waals surface area contributed by atoms with Crippen molar-refractivity contribution < 1.29 is 9.59 Å². The van der Waals surface area contributed by atoms with Crippen LogP contribution in [0.4, 0.5) is 5.82 Å². The van der Waals surface area contributed by atoms with Gasteiger partial charge in [-0.2, -0.15) is 0 Å². The number of pyridine rings is 1. The zero-order valence-electron chi connectivity index (χ0n) is 9.93. The third-order valence-electron chi connectivity index (χ3n) is 2.36. The van der Waals surface area contributed by atoms with Crippen molar-refractivity contribution in [3.8, 4) is 0 Å². The first-order chi connectivity index (χ1) is 8.17. The second-order valence-corrected chi connectivity index (χ2v) is 3.81. The van der Waals surface area contributed by atoms with Gasteiger partial charge in [0.25, 0.3) is 0 Å². The van der Waals surface area contributed by atoms with E-state index in [1.54, 1.807) is 12.1 Å². The SMILES string of the molecule is CCCCN(CC(N)=O)c1ccc(C=O)cn1. The topological polar surface area (TPSA) is 76.3 Å². The Bertz CT molecular complexity index is 376. The molecule has 0 fully saturated rings. The average Bonchev–Trinajstić information content (AvgIpc) is 2.34. The summed E-state index contributed by atoms with van der Waals surface area (Å²) in [5.41, 5.74) is 5.71. The normalized spacial score (nSPS) is 9.94. The van der Waals surface area contributed by atoms with Crippen molar-refractivity contribution in [2.75, 3.05) is 18.0 Å². The number of amides is 1. The van der Waals surface area contributed by atoms with Gasteiger partial charge in [-0.3, -0.25) is 9.59 Å². The molecule has 0 spiro atoms. The molecule has 0 aliphatic carbocycles. The fraction of sp³-hybridized carbons (Fsp3) is 0.417. The number of carbonyl (C=O) groups is 2. The molecule has 5 heteroatoms. The number of hydrogen-bond donors (Lipinski definition) is 1. The minimum absolute atomic E-state index is 0.146. The molecule has 0 saturated carbocycles. The minimum Gasteiger partial charge on any atom is -0.368 e. The van der Waals surface area contributed by atoms with Crippen LogP contribution in [-0.2, 0) is 4.79 Å². The Kier molecular flexibility index (Phi) is 5.13. The molecule has 0 radical (unpaired) electrons. The average molecular weight is 235 g/mol. The summed E-state index contributed by atoms with van der Waals surface area (Å²) in [4.78, 5) is 27.4. The van der Waals surface area contributed by atoms with Gasteiger partial charge in [-0.1, -0.05) is 13.3 Å². The Morgan fingerprint density at radius 1 is 1.53 bits per heavy atom. The van der Waals surface area contributed by atoms with Crippen LogP contribution in [0.25, 0.3) is 0 Å². The van der Waals surface area contributed by atoms with E-state index in [4.69, 9.17) is 5.73 Å². The van der Waals surface area contributed by atoms with Crippen LogP contribution >= 0.6 is 0 Å². The van der Waals surface area contributed by atoms with Gasteiger partial charge in [0.2, 0.25) is 5.91 Å². The van der Waals surface area contributed by atoms with E-state index >= 15 is 0 Å². The molecule has 0 atom stereocenters. The summed E-state index contributed by atoms with van der Waals surface area (Å²) in [7, 11) is 0. The fourth-order valence-electron chi connectivity index (χ4n) is 1.47. The van der Waals surface area contributed by atoms with Crippen molar-refractivity contribution in [1.82, 2.24) is 4.98 Å². The highest BCUT2D eigenvalue weighted by Gasteiger charge is 2.09. The molecule has 1 aromatic rings. The van der Waals surface area contributed by atoms with E-state index < -0.39 is 0 Å². The number of hydrogen-bond acceptors (Lipinski definition) is 4. The summed E-state index contributed by atoms with van der Waals surface area (Å²) in [6, 6.07) is 3.40. The summed E-state index contributed by atoms with van der Waals surface area (Å²) in [6.07, 6.45) is 4.22.